The van der Waals surface area contributed by atoms with Crippen LogP contribution in [0.2, 0.25) is 5.15 Å². The number of carboxylic acids is 1. The van der Waals surface area contributed by atoms with Crippen molar-refractivity contribution in [2.24, 2.45) is 0 Å². The predicted octanol–water partition coefficient (Wildman–Crippen LogP) is 3.20. The van der Waals surface area contributed by atoms with Crippen molar-refractivity contribution in [1.82, 2.24) is 9.78 Å². The second-order valence-corrected chi connectivity index (χ2v) is 4.26. The zero-order chi connectivity index (χ0) is 15.0. The normalized spacial score (nSPS) is 10.8. The summed E-state index contributed by atoms with van der Waals surface area (Å²) in [7, 11) is 0. The van der Waals surface area contributed by atoms with E-state index in [0.717, 1.165) is 4.68 Å². The van der Waals surface area contributed by atoms with Crippen LogP contribution < -0.4 is 0 Å². The molecule has 106 valence electrons. The van der Waals surface area contributed by atoms with Crippen molar-refractivity contribution in [3.63, 3.8) is 0 Å². The fraction of sp³-hybridized carbons (Fsp3) is 0.167. The number of aryl methyl sites for hydroxylation is 1. The molecular weight excluding hydrogens is 297 g/mol. The molecule has 0 bridgehead atoms. The van der Waals surface area contributed by atoms with E-state index in [-0.39, 0.29) is 28.5 Å². The highest BCUT2D eigenvalue weighted by molar-refractivity contribution is 6.32. The minimum absolute atomic E-state index is 0.160. The summed E-state index contributed by atoms with van der Waals surface area (Å²) in [5, 5.41) is 12.6. The van der Waals surface area contributed by atoms with E-state index in [1.807, 2.05) is 0 Å². The van der Waals surface area contributed by atoms with Crippen LogP contribution in [-0.2, 0) is 6.42 Å². The molecule has 1 aromatic carbocycles. The van der Waals surface area contributed by atoms with E-state index < -0.39 is 23.4 Å². The van der Waals surface area contributed by atoms with Gasteiger partial charge in [0.15, 0.2) is 17.5 Å². The number of rotatable bonds is 3. The molecule has 20 heavy (non-hydrogen) atoms. The van der Waals surface area contributed by atoms with Crippen LogP contribution in [0.5, 0.6) is 0 Å². The van der Waals surface area contributed by atoms with Crippen molar-refractivity contribution in [3.05, 3.63) is 46.0 Å². The molecule has 1 aromatic heterocycles. The van der Waals surface area contributed by atoms with Crippen molar-refractivity contribution in [2.45, 2.75) is 13.3 Å². The summed E-state index contributed by atoms with van der Waals surface area (Å²) in [4.78, 5) is 11.1. The summed E-state index contributed by atoms with van der Waals surface area (Å²) in [5.74, 6) is -5.75. The number of hydrogen-bond acceptors (Lipinski definition) is 2. The molecule has 2 rings (SSSR count). The van der Waals surface area contributed by atoms with E-state index >= 15 is 0 Å². The largest absolute Gasteiger partial charge is 0.478 e. The molecule has 2 aromatic rings. The summed E-state index contributed by atoms with van der Waals surface area (Å²) < 4.78 is 40.1. The second kappa shape index (κ2) is 5.16. The molecule has 1 N–H and O–H groups in total. The van der Waals surface area contributed by atoms with E-state index in [4.69, 9.17) is 16.7 Å². The van der Waals surface area contributed by atoms with Crippen molar-refractivity contribution in [1.29, 1.82) is 0 Å². The number of nitrogens with zero attached hydrogens (tertiary/aromatic N) is 2. The number of halogens is 4. The van der Waals surface area contributed by atoms with E-state index in [2.05, 4.69) is 5.10 Å². The maximum Gasteiger partial charge on any atom is 0.340 e. The summed E-state index contributed by atoms with van der Waals surface area (Å²) in [6.45, 7) is 1.65. The standard InChI is InChI=1S/C12H8ClF3N2O2/c1-2-8-9(12(19)20)11(13)18(17-8)5-3-6(14)10(16)7(15)4-5/h3-4H,2H2,1H3,(H,19,20). The molecule has 0 unspecified atom stereocenters. The van der Waals surface area contributed by atoms with Gasteiger partial charge < -0.3 is 5.11 Å². The van der Waals surface area contributed by atoms with Gasteiger partial charge in [-0.15, -0.1) is 0 Å². The highest BCUT2D eigenvalue weighted by atomic mass is 35.5. The van der Waals surface area contributed by atoms with Crippen molar-refractivity contribution in [2.75, 3.05) is 0 Å². The molecule has 0 saturated carbocycles. The average molecular weight is 305 g/mol. The molecule has 0 aliphatic carbocycles. The molecule has 0 spiro atoms. The minimum atomic E-state index is -1.62. The smallest absolute Gasteiger partial charge is 0.340 e. The molecular formula is C12H8ClF3N2O2. The first-order valence-electron chi connectivity index (χ1n) is 5.52. The Morgan fingerprint density at radius 2 is 1.90 bits per heavy atom. The topological polar surface area (TPSA) is 55.1 Å². The van der Waals surface area contributed by atoms with Crippen LogP contribution in [0.3, 0.4) is 0 Å². The zero-order valence-corrected chi connectivity index (χ0v) is 10.9. The Kier molecular flexibility index (Phi) is 3.71. The van der Waals surface area contributed by atoms with E-state index in [1.54, 1.807) is 6.92 Å². The van der Waals surface area contributed by atoms with Gasteiger partial charge in [0.25, 0.3) is 0 Å². The number of carboxylic acid groups (broad SMARTS) is 1. The van der Waals surface area contributed by atoms with Gasteiger partial charge in [-0.3, -0.25) is 0 Å². The molecule has 0 aliphatic rings. The summed E-state index contributed by atoms with van der Waals surface area (Å²) in [6.07, 6.45) is 0.264. The highest BCUT2D eigenvalue weighted by Gasteiger charge is 2.23. The Hall–Kier alpha value is -2.02. The van der Waals surface area contributed by atoms with Crippen LogP contribution in [0.15, 0.2) is 12.1 Å². The Balaban J connectivity index is 2.68. The van der Waals surface area contributed by atoms with Gasteiger partial charge in [0, 0.05) is 12.1 Å². The molecule has 0 radical (unpaired) electrons. The summed E-state index contributed by atoms with van der Waals surface area (Å²) in [5.41, 5.74) is -0.291. The zero-order valence-electron chi connectivity index (χ0n) is 10.1. The van der Waals surface area contributed by atoms with Crippen LogP contribution in [0.4, 0.5) is 13.2 Å². The summed E-state index contributed by atoms with van der Waals surface area (Å²) in [6, 6.07) is 1.37. The van der Waals surface area contributed by atoms with Gasteiger partial charge in [0.1, 0.15) is 10.7 Å². The highest BCUT2D eigenvalue weighted by Crippen LogP contribution is 2.26. The average Bonchev–Trinajstić information content (AvgIpc) is 2.72. The van der Waals surface area contributed by atoms with Gasteiger partial charge in [-0.2, -0.15) is 5.10 Å². The van der Waals surface area contributed by atoms with Gasteiger partial charge in [-0.25, -0.2) is 22.6 Å². The van der Waals surface area contributed by atoms with Crippen LogP contribution >= 0.6 is 11.6 Å². The number of benzene rings is 1. The molecule has 0 aliphatic heterocycles. The van der Waals surface area contributed by atoms with Gasteiger partial charge in [0.05, 0.1) is 11.4 Å². The van der Waals surface area contributed by atoms with Gasteiger partial charge in [-0.05, 0) is 6.42 Å². The third kappa shape index (κ3) is 2.24. The number of hydrogen-bond donors (Lipinski definition) is 1. The van der Waals surface area contributed by atoms with Gasteiger partial charge in [0.2, 0.25) is 0 Å². The van der Waals surface area contributed by atoms with Gasteiger partial charge in [-0.1, -0.05) is 18.5 Å². The Bertz CT molecular complexity index is 677. The molecule has 0 fully saturated rings. The molecule has 0 atom stereocenters. The minimum Gasteiger partial charge on any atom is -0.478 e. The molecule has 0 amide bonds. The monoisotopic (exact) mass is 304 g/mol. The molecule has 4 nitrogen and oxygen atoms in total. The quantitative estimate of drug-likeness (QED) is 0.886. The van der Waals surface area contributed by atoms with E-state index in [1.165, 1.54) is 0 Å². The molecule has 1 heterocycles. The SMILES string of the molecule is CCc1nn(-c2cc(F)c(F)c(F)c2)c(Cl)c1C(=O)O. The lowest BCUT2D eigenvalue weighted by molar-refractivity contribution is 0.0696. The first-order valence-corrected chi connectivity index (χ1v) is 5.90. The van der Waals surface area contributed by atoms with E-state index in [0.29, 0.717) is 12.1 Å². The lowest BCUT2D eigenvalue weighted by Crippen LogP contribution is -2.02. The predicted molar refractivity (Wildman–Crippen MR) is 64.8 cm³/mol. The van der Waals surface area contributed by atoms with Crippen molar-refractivity contribution in [3.8, 4) is 5.69 Å². The lowest BCUT2D eigenvalue weighted by Gasteiger charge is -2.04. The maximum absolute atomic E-state index is 13.2. The van der Waals surface area contributed by atoms with Crippen LogP contribution in [0.25, 0.3) is 5.69 Å². The Morgan fingerprint density at radius 1 is 1.35 bits per heavy atom. The number of aromatic carboxylic acids is 1. The fourth-order valence-corrected chi connectivity index (χ4v) is 2.06. The first kappa shape index (κ1) is 14.4. The lowest BCUT2D eigenvalue weighted by atomic mass is 10.2. The van der Waals surface area contributed by atoms with Crippen LogP contribution in [-0.4, -0.2) is 20.9 Å². The Labute approximate surface area is 116 Å². The van der Waals surface area contributed by atoms with Crippen LogP contribution in [0.1, 0.15) is 23.0 Å². The third-order valence-corrected chi connectivity index (χ3v) is 3.01. The maximum atomic E-state index is 13.2. The third-order valence-electron chi connectivity index (χ3n) is 2.66. The fourth-order valence-electron chi connectivity index (χ4n) is 1.73. The molecule has 8 heteroatoms. The number of aromatic nitrogens is 2. The number of carbonyl (C=O) groups is 1. The van der Waals surface area contributed by atoms with Crippen molar-refractivity contribution < 1.29 is 23.1 Å². The molecule has 0 saturated heterocycles. The van der Waals surface area contributed by atoms with Gasteiger partial charge >= 0.3 is 5.97 Å². The Morgan fingerprint density at radius 3 is 2.30 bits per heavy atom. The van der Waals surface area contributed by atoms with Crippen LogP contribution in [0, 0.1) is 17.5 Å². The van der Waals surface area contributed by atoms with E-state index in [9.17, 15) is 18.0 Å². The second-order valence-electron chi connectivity index (χ2n) is 3.91. The van der Waals surface area contributed by atoms with Crippen molar-refractivity contribution >= 4 is 17.6 Å². The summed E-state index contributed by atoms with van der Waals surface area (Å²) >= 11 is 5.86. The first-order chi connectivity index (χ1) is 9.36.